The van der Waals surface area contributed by atoms with Crippen LogP contribution >= 0.6 is 15.9 Å². The van der Waals surface area contributed by atoms with Crippen molar-refractivity contribution in [3.63, 3.8) is 0 Å². The minimum atomic E-state index is -0.823. The minimum Gasteiger partial charge on any atom is -0.453 e. The third-order valence-corrected chi connectivity index (χ3v) is 3.17. The smallest absolute Gasteiger partial charge is 0.237 e. The molecule has 0 heterocycles. The molecule has 1 N–H and O–H groups in total. The summed E-state index contributed by atoms with van der Waals surface area (Å²) in [7, 11) is 0. The Morgan fingerprint density at radius 1 is 1.09 bits per heavy atom. The van der Waals surface area contributed by atoms with Crippen molar-refractivity contribution < 1.29 is 13.5 Å². The predicted octanol–water partition coefficient (Wildman–Crippen LogP) is 4.33. The standard InChI is InChI=1S/C15H7BrF2N4O/c16-12-6-10(21-22-11(7-19)8-20)2-4-14(12)23-15-3-1-9(17)5-13(15)18/h1-6,21H. The van der Waals surface area contributed by atoms with E-state index in [0.29, 0.717) is 15.9 Å². The number of nitrogens with zero attached hydrogens (tertiary/aromatic N) is 3. The summed E-state index contributed by atoms with van der Waals surface area (Å²) in [5, 5.41) is 20.7. The molecule has 0 atom stereocenters. The molecule has 2 aromatic carbocycles. The average molecular weight is 377 g/mol. The quantitative estimate of drug-likeness (QED) is 0.635. The molecule has 8 heteroatoms. The van der Waals surface area contributed by atoms with Gasteiger partial charge in [-0.05, 0) is 46.3 Å². The Kier molecular flexibility index (Phi) is 5.23. The van der Waals surface area contributed by atoms with Gasteiger partial charge in [0.05, 0.1) is 10.2 Å². The zero-order valence-corrected chi connectivity index (χ0v) is 12.9. The Hall–Kier alpha value is -2.97. The lowest BCUT2D eigenvalue weighted by atomic mass is 10.3. The first-order valence-electron chi connectivity index (χ1n) is 6.10. The van der Waals surface area contributed by atoms with Crippen LogP contribution in [0.1, 0.15) is 0 Å². The molecule has 0 bridgehead atoms. The second kappa shape index (κ2) is 7.34. The van der Waals surface area contributed by atoms with E-state index >= 15 is 0 Å². The predicted molar refractivity (Wildman–Crippen MR) is 82.9 cm³/mol. The third-order valence-electron chi connectivity index (χ3n) is 2.55. The number of halogens is 3. The highest BCUT2D eigenvalue weighted by molar-refractivity contribution is 9.10. The van der Waals surface area contributed by atoms with Crippen molar-refractivity contribution in [3.05, 3.63) is 52.5 Å². The van der Waals surface area contributed by atoms with Crippen LogP contribution in [0.5, 0.6) is 11.5 Å². The number of benzene rings is 2. The van der Waals surface area contributed by atoms with Crippen LogP contribution in [0.2, 0.25) is 0 Å². The van der Waals surface area contributed by atoms with Gasteiger partial charge in [-0.15, -0.1) is 0 Å². The highest BCUT2D eigenvalue weighted by Crippen LogP contribution is 2.33. The number of nitrogens with one attached hydrogen (secondary N) is 1. The SMILES string of the molecule is N#CC(C#N)=NNc1ccc(Oc2ccc(F)cc2F)c(Br)c1. The summed E-state index contributed by atoms with van der Waals surface area (Å²) in [5.74, 6) is -1.35. The lowest BCUT2D eigenvalue weighted by Gasteiger charge is -2.10. The Morgan fingerprint density at radius 2 is 1.78 bits per heavy atom. The Bertz CT molecular complexity index is 840. The molecule has 2 aromatic rings. The molecule has 23 heavy (non-hydrogen) atoms. The molecule has 0 fully saturated rings. The minimum absolute atomic E-state index is 0.123. The molecule has 0 radical (unpaired) electrons. The molecule has 0 unspecified atom stereocenters. The fraction of sp³-hybridized carbons (Fsp3) is 0. The van der Waals surface area contributed by atoms with Gasteiger partial charge in [0.1, 0.15) is 23.7 Å². The molecule has 0 aliphatic rings. The van der Waals surface area contributed by atoms with E-state index < -0.39 is 11.6 Å². The fourth-order valence-electron chi connectivity index (χ4n) is 1.53. The van der Waals surface area contributed by atoms with Gasteiger partial charge in [-0.25, -0.2) is 8.78 Å². The van der Waals surface area contributed by atoms with E-state index in [1.807, 2.05) is 0 Å². The second-order valence-electron chi connectivity index (χ2n) is 4.12. The first-order chi connectivity index (χ1) is 11.0. The molecule has 0 amide bonds. The third kappa shape index (κ3) is 4.25. The van der Waals surface area contributed by atoms with Crippen LogP contribution in [0.3, 0.4) is 0 Å². The first-order valence-corrected chi connectivity index (χ1v) is 6.89. The van der Waals surface area contributed by atoms with E-state index in [2.05, 4.69) is 26.5 Å². The van der Waals surface area contributed by atoms with Crippen molar-refractivity contribution >= 4 is 27.3 Å². The normalized spacial score (nSPS) is 9.43. The van der Waals surface area contributed by atoms with E-state index in [1.165, 1.54) is 12.1 Å². The van der Waals surface area contributed by atoms with Crippen molar-refractivity contribution in [1.29, 1.82) is 10.5 Å². The summed E-state index contributed by atoms with van der Waals surface area (Å²) in [4.78, 5) is 0. The Balaban J connectivity index is 2.18. The van der Waals surface area contributed by atoms with Crippen LogP contribution in [0.15, 0.2) is 46.0 Å². The van der Waals surface area contributed by atoms with Gasteiger partial charge in [-0.2, -0.15) is 15.6 Å². The fourth-order valence-corrected chi connectivity index (χ4v) is 1.98. The largest absolute Gasteiger partial charge is 0.453 e. The van der Waals surface area contributed by atoms with E-state index in [1.54, 1.807) is 24.3 Å². The maximum absolute atomic E-state index is 13.6. The van der Waals surface area contributed by atoms with Gasteiger partial charge in [0.15, 0.2) is 11.6 Å². The molecule has 0 spiro atoms. The molecule has 0 aromatic heterocycles. The van der Waals surface area contributed by atoms with Crippen molar-refractivity contribution in [2.24, 2.45) is 5.10 Å². The Labute approximate surface area is 138 Å². The highest BCUT2D eigenvalue weighted by atomic mass is 79.9. The van der Waals surface area contributed by atoms with Crippen LogP contribution in [-0.4, -0.2) is 5.71 Å². The number of rotatable bonds is 4. The molecule has 0 aliphatic carbocycles. The monoisotopic (exact) mass is 376 g/mol. The van der Waals surface area contributed by atoms with Crippen LogP contribution in [0, 0.1) is 34.3 Å². The van der Waals surface area contributed by atoms with Crippen molar-refractivity contribution in [1.82, 2.24) is 0 Å². The van der Waals surface area contributed by atoms with Crippen LogP contribution < -0.4 is 10.2 Å². The summed E-state index contributed by atoms with van der Waals surface area (Å²) >= 11 is 3.24. The van der Waals surface area contributed by atoms with Gasteiger partial charge in [0.25, 0.3) is 0 Å². The van der Waals surface area contributed by atoms with Crippen molar-refractivity contribution in [2.45, 2.75) is 0 Å². The summed E-state index contributed by atoms with van der Waals surface area (Å²) in [6.45, 7) is 0. The van der Waals surface area contributed by atoms with Crippen molar-refractivity contribution in [2.75, 3.05) is 5.43 Å². The zero-order valence-electron chi connectivity index (χ0n) is 11.3. The molecule has 114 valence electrons. The maximum Gasteiger partial charge on any atom is 0.237 e. The average Bonchev–Trinajstić information content (AvgIpc) is 2.53. The number of hydrogen-bond acceptors (Lipinski definition) is 5. The maximum atomic E-state index is 13.6. The van der Waals surface area contributed by atoms with Gasteiger partial charge in [0.2, 0.25) is 5.71 Å². The van der Waals surface area contributed by atoms with Crippen LogP contribution in [-0.2, 0) is 0 Å². The number of ether oxygens (including phenoxy) is 1. The number of anilines is 1. The molecular formula is C15H7BrF2N4O. The highest BCUT2D eigenvalue weighted by Gasteiger charge is 2.09. The number of hydrazone groups is 1. The topological polar surface area (TPSA) is 81.2 Å². The number of nitriles is 2. The van der Waals surface area contributed by atoms with Crippen molar-refractivity contribution in [3.8, 4) is 23.6 Å². The molecule has 2 rings (SSSR count). The van der Waals surface area contributed by atoms with E-state index in [0.717, 1.165) is 12.1 Å². The second-order valence-corrected chi connectivity index (χ2v) is 4.97. The first kappa shape index (κ1) is 16.4. The van der Waals surface area contributed by atoms with Gasteiger partial charge in [-0.1, -0.05) is 0 Å². The molecular weight excluding hydrogens is 370 g/mol. The summed E-state index contributed by atoms with van der Waals surface area (Å²) < 4.78 is 32.2. The van der Waals surface area contributed by atoms with E-state index in [4.69, 9.17) is 15.3 Å². The van der Waals surface area contributed by atoms with E-state index in [9.17, 15) is 8.78 Å². The van der Waals surface area contributed by atoms with Gasteiger partial charge < -0.3 is 4.74 Å². The lowest BCUT2D eigenvalue weighted by Crippen LogP contribution is -1.97. The van der Waals surface area contributed by atoms with Crippen LogP contribution in [0.4, 0.5) is 14.5 Å². The van der Waals surface area contributed by atoms with Crippen LogP contribution in [0.25, 0.3) is 0 Å². The molecule has 0 saturated heterocycles. The summed E-state index contributed by atoms with van der Waals surface area (Å²) in [6.07, 6.45) is 0. The molecule has 0 aliphatic heterocycles. The summed E-state index contributed by atoms with van der Waals surface area (Å²) in [5.41, 5.74) is 2.69. The Morgan fingerprint density at radius 3 is 2.39 bits per heavy atom. The van der Waals surface area contributed by atoms with Gasteiger partial charge in [0, 0.05) is 6.07 Å². The zero-order chi connectivity index (χ0) is 16.8. The molecule has 0 saturated carbocycles. The number of hydrogen-bond donors (Lipinski definition) is 1. The van der Waals surface area contributed by atoms with Gasteiger partial charge in [-0.3, -0.25) is 5.43 Å². The molecule has 5 nitrogen and oxygen atoms in total. The lowest BCUT2D eigenvalue weighted by molar-refractivity contribution is 0.435. The van der Waals surface area contributed by atoms with Gasteiger partial charge >= 0.3 is 0 Å². The summed E-state index contributed by atoms with van der Waals surface area (Å²) in [6, 6.07) is 10.8. The van der Waals surface area contributed by atoms with E-state index in [-0.39, 0.29) is 11.5 Å².